The number of aliphatic imine (C=N–C) groups is 1. The summed E-state index contributed by atoms with van der Waals surface area (Å²) in [5, 5.41) is 14.3. The summed E-state index contributed by atoms with van der Waals surface area (Å²) in [5.74, 6) is 2.06. The highest BCUT2D eigenvalue weighted by atomic mass is 127. The first-order valence-electron chi connectivity index (χ1n) is 6.64. The van der Waals surface area contributed by atoms with Crippen LogP contribution < -0.4 is 10.6 Å². The van der Waals surface area contributed by atoms with Gasteiger partial charge < -0.3 is 15.2 Å². The van der Waals surface area contributed by atoms with Crippen molar-refractivity contribution in [2.75, 3.05) is 7.05 Å². The molecule has 2 rings (SSSR count). The molecule has 0 fully saturated rings. The zero-order chi connectivity index (χ0) is 15.2. The fourth-order valence-electron chi connectivity index (χ4n) is 1.82. The number of aromatic nitrogens is 3. The highest BCUT2D eigenvalue weighted by Gasteiger charge is 2.05. The van der Waals surface area contributed by atoms with Crippen molar-refractivity contribution in [1.82, 2.24) is 25.4 Å². The van der Waals surface area contributed by atoms with Crippen molar-refractivity contribution < 1.29 is 4.39 Å². The van der Waals surface area contributed by atoms with Crippen molar-refractivity contribution in [3.05, 3.63) is 47.3 Å². The molecule has 8 heteroatoms. The topological polar surface area (TPSA) is 67.1 Å². The Hall–Kier alpha value is -1.71. The van der Waals surface area contributed by atoms with E-state index in [1.165, 1.54) is 12.1 Å². The van der Waals surface area contributed by atoms with Crippen LogP contribution in [0.2, 0.25) is 0 Å². The molecule has 1 aromatic heterocycles. The van der Waals surface area contributed by atoms with Crippen LogP contribution in [0.25, 0.3) is 0 Å². The summed E-state index contributed by atoms with van der Waals surface area (Å²) >= 11 is 0. The number of guanidine groups is 1. The average Bonchev–Trinajstić information content (AvgIpc) is 2.79. The van der Waals surface area contributed by atoms with Crippen LogP contribution in [0.5, 0.6) is 0 Å². The molecule has 6 nitrogen and oxygen atoms in total. The lowest BCUT2D eigenvalue weighted by atomic mass is 10.2. The van der Waals surface area contributed by atoms with Gasteiger partial charge >= 0.3 is 0 Å². The van der Waals surface area contributed by atoms with E-state index in [1.807, 2.05) is 24.6 Å². The number of hydrogen-bond acceptors (Lipinski definition) is 3. The summed E-state index contributed by atoms with van der Waals surface area (Å²) in [6.45, 7) is 2.91. The van der Waals surface area contributed by atoms with Crippen molar-refractivity contribution >= 4 is 29.9 Å². The minimum Gasteiger partial charge on any atom is -0.352 e. The van der Waals surface area contributed by atoms with Crippen molar-refractivity contribution in [3.8, 4) is 0 Å². The normalized spacial score (nSPS) is 11.0. The molecule has 22 heavy (non-hydrogen) atoms. The van der Waals surface area contributed by atoms with Gasteiger partial charge in [0.15, 0.2) is 11.8 Å². The Labute approximate surface area is 146 Å². The number of hydrogen-bond donors (Lipinski definition) is 2. The second-order valence-corrected chi connectivity index (χ2v) is 4.63. The SMILES string of the molecule is CN=C(NCc1cccc(F)c1)NCc1nnc(C)n1C.I. The predicted molar refractivity (Wildman–Crippen MR) is 94.6 cm³/mol. The maximum absolute atomic E-state index is 13.1. The fourth-order valence-corrected chi connectivity index (χ4v) is 1.82. The van der Waals surface area contributed by atoms with Gasteiger partial charge in [-0.15, -0.1) is 34.2 Å². The molecular formula is C14H20FIN6. The van der Waals surface area contributed by atoms with Crippen molar-refractivity contribution in [2.24, 2.45) is 12.0 Å². The number of rotatable bonds is 4. The minimum atomic E-state index is -0.244. The zero-order valence-electron chi connectivity index (χ0n) is 12.8. The van der Waals surface area contributed by atoms with Crippen LogP contribution in [0.15, 0.2) is 29.3 Å². The van der Waals surface area contributed by atoms with Crippen LogP contribution in [-0.4, -0.2) is 27.8 Å². The molecule has 0 aliphatic carbocycles. The molecule has 0 aliphatic rings. The van der Waals surface area contributed by atoms with E-state index in [0.717, 1.165) is 17.2 Å². The van der Waals surface area contributed by atoms with Gasteiger partial charge in [-0.05, 0) is 24.6 Å². The summed E-state index contributed by atoms with van der Waals surface area (Å²) in [4.78, 5) is 4.12. The quantitative estimate of drug-likeness (QED) is 0.451. The maximum atomic E-state index is 13.1. The van der Waals surface area contributed by atoms with Gasteiger partial charge in [-0.3, -0.25) is 4.99 Å². The van der Waals surface area contributed by atoms with Gasteiger partial charge in [-0.25, -0.2) is 4.39 Å². The number of nitrogens with zero attached hydrogens (tertiary/aromatic N) is 4. The lowest BCUT2D eigenvalue weighted by Gasteiger charge is -2.11. The molecule has 0 radical (unpaired) electrons. The Morgan fingerprint density at radius 2 is 2.00 bits per heavy atom. The van der Waals surface area contributed by atoms with E-state index >= 15 is 0 Å². The number of halogens is 2. The van der Waals surface area contributed by atoms with Gasteiger partial charge in [0.05, 0.1) is 6.54 Å². The van der Waals surface area contributed by atoms with Gasteiger partial charge in [0.2, 0.25) is 0 Å². The lowest BCUT2D eigenvalue weighted by Crippen LogP contribution is -2.36. The molecule has 2 N–H and O–H groups in total. The van der Waals surface area contributed by atoms with E-state index in [0.29, 0.717) is 19.0 Å². The molecule has 0 atom stereocenters. The molecule has 0 saturated carbocycles. The Kier molecular flexibility index (Phi) is 7.22. The summed E-state index contributed by atoms with van der Waals surface area (Å²) in [7, 11) is 3.60. The summed E-state index contributed by atoms with van der Waals surface area (Å²) in [6.07, 6.45) is 0. The lowest BCUT2D eigenvalue weighted by molar-refractivity contribution is 0.624. The maximum Gasteiger partial charge on any atom is 0.191 e. The Bertz CT molecular complexity index is 640. The molecule has 1 aromatic carbocycles. The molecule has 0 bridgehead atoms. The number of aryl methyl sites for hydroxylation is 1. The molecule has 120 valence electrons. The molecule has 0 unspecified atom stereocenters. The highest BCUT2D eigenvalue weighted by Crippen LogP contribution is 2.02. The van der Waals surface area contributed by atoms with Crippen LogP contribution in [0.4, 0.5) is 4.39 Å². The molecule has 2 aromatic rings. The van der Waals surface area contributed by atoms with Crippen molar-refractivity contribution in [2.45, 2.75) is 20.0 Å². The van der Waals surface area contributed by atoms with E-state index in [1.54, 1.807) is 13.1 Å². The summed E-state index contributed by atoms with van der Waals surface area (Å²) < 4.78 is 15.0. The van der Waals surface area contributed by atoms with Crippen molar-refractivity contribution in [1.29, 1.82) is 0 Å². The Morgan fingerprint density at radius 3 is 2.59 bits per heavy atom. The molecule has 0 amide bonds. The number of benzene rings is 1. The fraction of sp³-hybridized carbons (Fsp3) is 0.357. The Morgan fingerprint density at radius 1 is 1.27 bits per heavy atom. The molecule has 1 heterocycles. The second-order valence-electron chi connectivity index (χ2n) is 4.63. The van der Waals surface area contributed by atoms with Gasteiger partial charge in [0.1, 0.15) is 11.6 Å². The largest absolute Gasteiger partial charge is 0.352 e. The van der Waals surface area contributed by atoms with Crippen LogP contribution in [0.3, 0.4) is 0 Å². The van der Waals surface area contributed by atoms with Crippen LogP contribution in [0, 0.1) is 12.7 Å². The van der Waals surface area contributed by atoms with E-state index in [9.17, 15) is 4.39 Å². The van der Waals surface area contributed by atoms with Gasteiger partial charge in [-0.2, -0.15) is 0 Å². The third-order valence-electron chi connectivity index (χ3n) is 3.17. The summed E-state index contributed by atoms with van der Waals surface area (Å²) in [6, 6.07) is 6.46. The highest BCUT2D eigenvalue weighted by molar-refractivity contribution is 14.0. The van der Waals surface area contributed by atoms with E-state index in [-0.39, 0.29) is 29.8 Å². The van der Waals surface area contributed by atoms with Gasteiger partial charge in [0, 0.05) is 20.6 Å². The van der Waals surface area contributed by atoms with Crippen LogP contribution >= 0.6 is 24.0 Å². The predicted octanol–water partition coefficient (Wildman–Crippen LogP) is 1.75. The third-order valence-corrected chi connectivity index (χ3v) is 3.17. The monoisotopic (exact) mass is 418 g/mol. The van der Waals surface area contributed by atoms with Crippen LogP contribution in [-0.2, 0) is 20.1 Å². The molecule has 0 aliphatic heterocycles. The zero-order valence-corrected chi connectivity index (χ0v) is 15.1. The average molecular weight is 418 g/mol. The first-order chi connectivity index (χ1) is 10.1. The standard InChI is InChI=1S/C14H19FN6.HI/c1-10-19-20-13(21(10)3)9-18-14(16-2)17-8-11-5-4-6-12(15)7-11;/h4-7H,8-9H2,1-3H3,(H2,16,17,18);1H. The van der Waals surface area contributed by atoms with Crippen molar-refractivity contribution in [3.63, 3.8) is 0 Å². The molecular weight excluding hydrogens is 398 g/mol. The first-order valence-corrected chi connectivity index (χ1v) is 6.64. The van der Waals surface area contributed by atoms with Crippen LogP contribution in [0.1, 0.15) is 17.2 Å². The second kappa shape index (κ2) is 8.66. The third kappa shape index (κ3) is 4.93. The number of nitrogens with one attached hydrogen (secondary N) is 2. The molecule has 0 saturated heterocycles. The minimum absolute atomic E-state index is 0. The molecule has 0 spiro atoms. The first kappa shape index (κ1) is 18.3. The van der Waals surface area contributed by atoms with E-state index < -0.39 is 0 Å². The Balaban J connectivity index is 0.00000242. The van der Waals surface area contributed by atoms with E-state index in [2.05, 4.69) is 25.8 Å². The van der Waals surface area contributed by atoms with Gasteiger partial charge in [-0.1, -0.05) is 12.1 Å². The summed E-state index contributed by atoms with van der Waals surface area (Å²) in [5.41, 5.74) is 0.854. The van der Waals surface area contributed by atoms with Gasteiger partial charge in [0.25, 0.3) is 0 Å². The van der Waals surface area contributed by atoms with E-state index in [4.69, 9.17) is 0 Å². The smallest absolute Gasteiger partial charge is 0.191 e.